The SMILES string of the molecule is CCN(CC)S(=O)(=O)c1ccc(OC)c(C(=O)NCc2ccccc2)c1. The fourth-order valence-corrected chi connectivity index (χ4v) is 4.10. The molecule has 1 amide bonds. The van der Waals surface area contributed by atoms with Crippen LogP contribution in [-0.4, -0.2) is 38.8 Å². The highest BCUT2D eigenvalue weighted by atomic mass is 32.2. The first-order valence-corrected chi connectivity index (χ1v) is 9.88. The minimum atomic E-state index is -3.65. The summed E-state index contributed by atoms with van der Waals surface area (Å²) in [5.74, 6) is -0.0589. The second kappa shape index (κ2) is 8.82. The first-order chi connectivity index (χ1) is 12.4. The Hall–Kier alpha value is -2.38. The van der Waals surface area contributed by atoms with Gasteiger partial charge < -0.3 is 10.1 Å². The number of sulfonamides is 1. The van der Waals surface area contributed by atoms with Crippen LogP contribution in [0.2, 0.25) is 0 Å². The van der Waals surface area contributed by atoms with Crippen molar-refractivity contribution in [1.29, 1.82) is 0 Å². The molecule has 0 heterocycles. The van der Waals surface area contributed by atoms with Gasteiger partial charge >= 0.3 is 0 Å². The summed E-state index contributed by atoms with van der Waals surface area (Å²) in [4.78, 5) is 12.7. The Kier molecular flexibility index (Phi) is 6.76. The maximum atomic E-state index is 12.7. The Morgan fingerprint density at radius 2 is 1.73 bits per heavy atom. The Bertz CT molecular complexity index is 847. The van der Waals surface area contributed by atoms with Crippen molar-refractivity contribution in [3.05, 3.63) is 59.7 Å². The van der Waals surface area contributed by atoms with Gasteiger partial charge in [0, 0.05) is 19.6 Å². The lowest BCUT2D eigenvalue weighted by Gasteiger charge is -2.19. The van der Waals surface area contributed by atoms with Crippen LogP contribution in [0, 0.1) is 0 Å². The molecule has 0 unspecified atom stereocenters. The Balaban J connectivity index is 2.30. The van der Waals surface area contributed by atoms with Crippen LogP contribution in [0.4, 0.5) is 0 Å². The van der Waals surface area contributed by atoms with Crippen molar-refractivity contribution in [1.82, 2.24) is 9.62 Å². The highest BCUT2D eigenvalue weighted by molar-refractivity contribution is 7.89. The molecule has 26 heavy (non-hydrogen) atoms. The molecule has 7 heteroatoms. The van der Waals surface area contributed by atoms with E-state index in [1.807, 2.05) is 30.3 Å². The van der Waals surface area contributed by atoms with Gasteiger partial charge in [-0.3, -0.25) is 4.79 Å². The van der Waals surface area contributed by atoms with Gasteiger partial charge in [0.25, 0.3) is 5.91 Å². The summed E-state index contributed by atoms with van der Waals surface area (Å²) in [6.07, 6.45) is 0. The van der Waals surface area contributed by atoms with Crippen LogP contribution in [-0.2, 0) is 16.6 Å². The van der Waals surface area contributed by atoms with Gasteiger partial charge in [0.1, 0.15) is 5.75 Å². The molecule has 6 nitrogen and oxygen atoms in total. The zero-order valence-corrected chi connectivity index (χ0v) is 16.0. The molecular weight excluding hydrogens is 352 g/mol. The molecule has 0 radical (unpaired) electrons. The number of carbonyl (C=O) groups is 1. The smallest absolute Gasteiger partial charge is 0.255 e. The monoisotopic (exact) mass is 376 g/mol. The van der Waals surface area contributed by atoms with Crippen LogP contribution in [0.5, 0.6) is 5.75 Å². The summed E-state index contributed by atoms with van der Waals surface area (Å²) in [5.41, 5.74) is 1.14. The molecular formula is C19H24N2O4S. The summed E-state index contributed by atoms with van der Waals surface area (Å²) < 4.78 is 32.0. The van der Waals surface area contributed by atoms with E-state index in [1.54, 1.807) is 13.8 Å². The molecule has 2 rings (SSSR count). The lowest BCUT2D eigenvalue weighted by molar-refractivity contribution is 0.0947. The molecule has 0 aromatic heterocycles. The average Bonchev–Trinajstić information content (AvgIpc) is 2.67. The predicted molar refractivity (Wildman–Crippen MR) is 101 cm³/mol. The van der Waals surface area contributed by atoms with Gasteiger partial charge in [-0.15, -0.1) is 0 Å². The molecule has 0 saturated heterocycles. The molecule has 0 fully saturated rings. The minimum absolute atomic E-state index is 0.0758. The number of methoxy groups -OCH3 is 1. The van der Waals surface area contributed by atoms with Crippen LogP contribution in [0.15, 0.2) is 53.4 Å². The molecule has 0 aliphatic heterocycles. The molecule has 1 N–H and O–H groups in total. The quantitative estimate of drug-likeness (QED) is 0.768. The highest BCUT2D eigenvalue weighted by Gasteiger charge is 2.24. The number of hydrogen-bond acceptors (Lipinski definition) is 4. The third-order valence-corrected chi connectivity index (χ3v) is 6.10. The van der Waals surface area contributed by atoms with Crippen molar-refractivity contribution in [3.8, 4) is 5.75 Å². The number of benzene rings is 2. The van der Waals surface area contributed by atoms with E-state index in [-0.39, 0.29) is 16.4 Å². The molecule has 0 bridgehead atoms. The summed E-state index contributed by atoms with van der Waals surface area (Å²) >= 11 is 0. The number of amides is 1. The molecule has 0 aliphatic rings. The van der Waals surface area contributed by atoms with Gasteiger partial charge in [0.2, 0.25) is 10.0 Å². The molecule has 0 atom stereocenters. The predicted octanol–water partition coefficient (Wildman–Crippen LogP) is 2.66. The largest absolute Gasteiger partial charge is 0.496 e. The number of nitrogens with one attached hydrogen (secondary N) is 1. The fourth-order valence-electron chi connectivity index (χ4n) is 2.61. The van der Waals surface area contributed by atoms with E-state index in [4.69, 9.17) is 4.74 Å². The molecule has 0 aliphatic carbocycles. The minimum Gasteiger partial charge on any atom is -0.496 e. The highest BCUT2D eigenvalue weighted by Crippen LogP contribution is 2.24. The zero-order valence-electron chi connectivity index (χ0n) is 15.2. The van der Waals surface area contributed by atoms with Crippen molar-refractivity contribution in [2.45, 2.75) is 25.3 Å². The van der Waals surface area contributed by atoms with Crippen molar-refractivity contribution in [3.63, 3.8) is 0 Å². The molecule has 140 valence electrons. The number of rotatable bonds is 8. The van der Waals surface area contributed by atoms with E-state index in [1.165, 1.54) is 29.6 Å². The van der Waals surface area contributed by atoms with Gasteiger partial charge in [-0.05, 0) is 23.8 Å². The Labute approximate surface area is 154 Å². The summed E-state index contributed by atoms with van der Waals surface area (Å²) in [6.45, 7) is 4.62. The van der Waals surface area contributed by atoms with E-state index in [0.29, 0.717) is 25.4 Å². The summed E-state index contributed by atoms with van der Waals surface area (Å²) in [7, 11) is -2.21. The molecule has 0 saturated carbocycles. The van der Waals surface area contributed by atoms with Crippen LogP contribution in [0.3, 0.4) is 0 Å². The van der Waals surface area contributed by atoms with E-state index in [0.717, 1.165) is 5.56 Å². The van der Waals surface area contributed by atoms with Gasteiger partial charge in [-0.1, -0.05) is 44.2 Å². The van der Waals surface area contributed by atoms with Crippen molar-refractivity contribution < 1.29 is 17.9 Å². The maximum absolute atomic E-state index is 12.7. The third kappa shape index (κ3) is 4.42. The number of hydrogen-bond donors (Lipinski definition) is 1. The number of ether oxygens (including phenoxy) is 1. The second-order valence-electron chi connectivity index (χ2n) is 5.62. The average molecular weight is 376 g/mol. The standard InChI is InChI=1S/C19H24N2O4S/c1-4-21(5-2)26(23,24)16-11-12-18(25-3)17(13-16)19(22)20-14-15-9-7-6-8-10-15/h6-13H,4-5,14H2,1-3H3,(H,20,22). The summed E-state index contributed by atoms with van der Waals surface area (Å²) in [5, 5.41) is 2.80. The van der Waals surface area contributed by atoms with Gasteiger partial charge in [0.05, 0.1) is 17.6 Å². The first kappa shape index (κ1) is 19.9. The summed E-state index contributed by atoms with van der Waals surface area (Å²) in [6, 6.07) is 13.8. The first-order valence-electron chi connectivity index (χ1n) is 8.44. The van der Waals surface area contributed by atoms with Gasteiger partial charge in [-0.25, -0.2) is 8.42 Å². The second-order valence-corrected chi connectivity index (χ2v) is 7.56. The van der Waals surface area contributed by atoms with Crippen molar-refractivity contribution in [2.75, 3.05) is 20.2 Å². The molecule has 0 spiro atoms. The van der Waals surface area contributed by atoms with Crippen LogP contribution >= 0.6 is 0 Å². The zero-order chi connectivity index (χ0) is 19.2. The van der Waals surface area contributed by atoms with Crippen LogP contribution in [0.25, 0.3) is 0 Å². The lowest BCUT2D eigenvalue weighted by Crippen LogP contribution is -2.31. The van der Waals surface area contributed by atoms with Crippen LogP contribution < -0.4 is 10.1 Å². The van der Waals surface area contributed by atoms with E-state index >= 15 is 0 Å². The molecule has 2 aromatic carbocycles. The van der Waals surface area contributed by atoms with Crippen molar-refractivity contribution >= 4 is 15.9 Å². The van der Waals surface area contributed by atoms with E-state index < -0.39 is 10.0 Å². The maximum Gasteiger partial charge on any atom is 0.255 e. The van der Waals surface area contributed by atoms with E-state index in [9.17, 15) is 13.2 Å². The van der Waals surface area contributed by atoms with Crippen molar-refractivity contribution in [2.24, 2.45) is 0 Å². The Morgan fingerprint density at radius 1 is 1.08 bits per heavy atom. The normalized spacial score (nSPS) is 11.4. The topological polar surface area (TPSA) is 75.7 Å². The Morgan fingerprint density at radius 3 is 2.31 bits per heavy atom. The van der Waals surface area contributed by atoms with Crippen LogP contribution in [0.1, 0.15) is 29.8 Å². The molecule has 2 aromatic rings. The number of nitrogens with zero attached hydrogens (tertiary/aromatic N) is 1. The van der Waals surface area contributed by atoms with Gasteiger partial charge in [-0.2, -0.15) is 4.31 Å². The lowest BCUT2D eigenvalue weighted by atomic mass is 10.1. The number of carbonyl (C=O) groups excluding carboxylic acids is 1. The fraction of sp³-hybridized carbons (Fsp3) is 0.316. The van der Waals surface area contributed by atoms with E-state index in [2.05, 4.69) is 5.32 Å². The third-order valence-electron chi connectivity index (χ3n) is 4.05. The van der Waals surface area contributed by atoms with Gasteiger partial charge in [0.15, 0.2) is 0 Å².